The Kier molecular flexibility index (Phi) is 4.52. The van der Waals surface area contributed by atoms with E-state index in [1.807, 2.05) is 30.3 Å². The van der Waals surface area contributed by atoms with Crippen LogP contribution in [0, 0.1) is 5.92 Å². The monoisotopic (exact) mass is 321 g/mol. The molecule has 0 N–H and O–H groups in total. The SMILES string of the molecule is O=C(C1CCCCC1)N(c1ccccc1)C1CCS(=O)(=O)C1. The highest BCUT2D eigenvalue weighted by molar-refractivity contribution is 7.91. The Morgan fingerprint density at radius 1 is 1.00 bits per heavy atom. The summed E-state index contributed by atoms with van der Waals surface area (Å²) >= 11 is 0. The van der Waals surface area contributed by atoms with Gasteiger partial charge >= 0.3 is 0 Å². The van der Waals surface area contributed by atoms with Gasteiger partial charge in [-0.15, -0.1) is 0 Å². The van der Waals surface area contributed by atoms with E-state index < -0.39 is 9.84 Å². The summed E-state index contributed by atoms with van der Waals surface area (Å²) in [5.74, 6) is 0.463. The summed E-state index contributed by atoms with van der Waals surface area (Å²) in [6.45, 7) is 0. The molecule has 22 heavy (non-hydrogen) atoms. The lowest BCUT2D eigenvalue weighted by molar-refractivity contribution is -0.123. The number of hydrogen-bond donors (Lipinski definition) is 0. The third-order valence-corrected chi connectivity index (χ3v) is 6.55. The highest BCUT2D eigenvalue weighted by Gasteiger charge is 2.37. The van der Waals surface area contributed by atoms with E-state index in [0.717, 1.165) is 31.4 Å². The molecule has 1 saturated carbocycles. The van der Waals surface area contributed by atoms with Crippen LogP contribution in [0.2, 0.25) is 0 Å². The summed E-state index contributed by atoms with van der Waals surface area (Å²) in [4.78, 5) is 14.8. The van der Waals surface area contributed by atoms with Crippen molar-refractivity contribution in [2.24, 2.45) is 5.92 Å². The van der Waals surface area contributed by atoms with Crippen molar-refractivity contribution in [2.75, 3.05) is 16.4 Å². The fourth-order valence-electron chi connectivity index (χ4n) is 3.63. The number of carbonyl (C=O) groups is 1. The van der Waals surface area contributed by atoms with E-state index in [1.54, 1.807) is 4.90 Å². The highest BCUT2D eigenvalue weighted by atomic mass is 32.2. The molecule has 1 amide bonds. The molecule has 0 radical (unpaired) electrons. The van der Waals surface area contributed by atoms with Gasteiger partial charge in [-0.1, -0.05) is 37.5 Å². The molecule has 1 aliphatic heterocycles. The summed E-state index contributed by atoms with van der Waals surface area (Å²) in [6, 6.07) is 9.33. The molecule has 4 nitrogen and oxygen atoms in total. The van der Waals surface area contributed by atoms with E-state index in [1.165, 1.54) is 6.42 Å². The van der Waals surface area contributed by atoms with Gasteiger partial charge in [-0.05, 0) is 31.4 Å². The maximum absolute atomic E-state index is 13.0. The maximum Gasteiger partial charge on any atom is 0.230 e. The van der Waals surface area contributed by atoms with E-state index in [2.05, 4.69) is 0 Å². The van der Waals surface area contributed by atoms with Gasteiger partial charge in [0.1, 0.15) is 0 Å². The molecule has 5 heteroatoms. The Labute approximate surface area is 132 Å². The maximum atomic E-state index is 13.0. The van der Waals surface area contributed by atoms with Crippen LogP contribution < -0.4 is 4.90 Å². The van der Waals surface area contributed by atoms with Gasteiger partial charge in [0.2, 0.25) is 5.91 Å². The van der Waals surface area contributed by atoms with Gasteiger partial charge in [-0.25, -0.2) is 8.42 Å². The van der Waals surface area contributed by atoms with Crippen LogP contribution in [0.1, 0.15) is 38.5 Å². The molecular formula is C17H23NO3S. The topological polar surface area (TPSA) is 54.5 Å². The highest BCUT2D eigenvalue weighted by Crippen LogP contribution is 2.31. The first-order valence-electron chi connectivity index (χ1n) is 8.15. The lowest BCUT2D eigenvalue weighted by Gasteiger charge is -2.33. The van der Waals surface area contributed by atoms with Gasteiger partial charge in [0.25, 0.3) is 0 Å². The fraction of sp³-hybridized carbons (Fsp3) is 0.588. The van der Waals surface area contributed by atoms with Crippen LogP contribution in [-0.2, 0) is 14.6 Å². The number of carbonyl (C=O) groups excluding carboxylic acids is 1. The molecule has 0 spiro atoms. The zero-order chi connectivity index (χ0) is 15.6. The standard InChI is InChI=1S/C17H23NO3S/c19-17(14-7-3-1-4-8-14)18(15-9-5-2-6-10-15)16-11-12-22(20,21)13-16/h2,5-6,9-10,14,16H,1,3-4,7-8,11-13H2. The van der Waals surface area contributed by atoms with E-state index >= 15 is 0 Å². The Balaban J connectivity index is 1.87. The summed E-state index contributed by atoms with van der Waals surface area (Å²) in [6.07, 6.45) is 5.82. The van der Waals surface area contributed by atoms with Crippen molar-refractivity contribution in [1.29, 1.82) is 0 Å². The first-order valence-corrected chi connectivity index (χ1v) is 9.97. The van der Waals surface area contributed by atoms with Crippen LogP contribution in [0.15, 0.2) is 30.3 Å². The third-order valence-electron chi connectivity index (χ3n) is 4.80. The van der Waals surface area contributed by atoms with Crippen molar-refractivity contribution < 1.29 is 13.2 Å². The molecule has 0 aromatic heterocycles. The van der Waals surface area contributed by atoms with Crippen LogP contribution in [0.5, 0.6) is 0 Å². The third kappa shape index (κ3) is 3.35. The van der Waals surface area contributed by atoms with Crippen LogP contribution in [0.25, 0.3) is 0 Å². The van der Waals surface area contributed by atoms with Gasteiger partial charge in [-0.3, -0.25) is 4.79 Å². The lowest BCUT2D eigenvalue weighted by Crippen LogP contribution is -2.45. The van der Waals surface area contributed by atoms with E-state index in [4.69, 9.17) is 0 Å². The number of anilines is 1. The van der Waals surface area contributed by atoms with Gasteiger partial charge in [0.05, 0.1) is 17.5 Å². The van der Waals surface area contributed by atoms with Crippen molar-refractivity contribution in [3.63, 3.8) is 0 Å². The van der Waals surface area contributed by atoms with Crippen molar-refractivity contribution >= 4 is 21.4 Å². The van der Waals surface area contributed by atoms with Crippen LogP contribution >= 0.6 is 0 Å². The van der Waals surface area contributed by atoms with Crippen LogP contribution in [0.4, 0.5) is 5.69 Å². The zero-order valence-electron chi connectivity index (χ0n) is 12.8. The number of sulfone groups is 1. The quantitative estimate of drug-likeness (QED) is 0.860. The number of nitrogens with zero attached hydrogens (tertiary/aromatic N) is 1. The number of amides is 1. The van der Waals surface area contributed by atoms with E-state index in [9.17, 15) is 13.2 Å². The number of para-hydroxylation sites is 1. The number of benzene rings is 1. The first kappa shape index (κ1) is 15.5. The second-order valence-electron chi connectivity index (χ2n) is 6.44. The molecule has 1 aliphatic carbocycles. The molecule has 2 aliphatic rings. The fourth-order valence-corrected chi connectivity index (χ4v) is 5.33. The van der Waals surface area contributed by atoms with E-state index in [0.29, 0.717) is 6.42 Å². The largest absolute Gasteiger partial charge is 0.308 e. The minimum Gasteiger partial charge on any atom is -0.308 e. The van der Waals surface area contributed by atoms with Gasteiger partial charge in [-0.2, -0.15) is 0 Å². The van der Waals surface area contributed by atoms with Gasteiger partial charge < -0.3 is 4.90 Å². The molecule has 1 aromatic rings. The summed E-state index contributed by atoms with van der Waals surface area (Å²) in [7, 11) is -3.01. The van der Waals surface area contributed by atoms with E-state index in [-0.39, 0.29) is 29.4 Å². The molecule has 1 aromatic carbocycles. The normalized spacial score (nSPS) is 25.0. The predicted octanol–water partition coefficient (Wildman–Crippen LogP) is 2.79. The van der Waals surface area contributed by atoms with Crippen molar-refractivity contribution in [3.8, 4) is 0 Å². The molecule has 1 unspecified atom stereocenters. The molecule has 120 valence electrons. The van der Waals surface area contributed by atoms with Crippen LogP contribution in [0.3, 0.4) is 0 Å². The molecular weight excluding hydrogens is 298 g/mol. The molecule has 1 saturated heterocycles. The van der Waals surface area contributed by atoms with Gasteiger partial charge in [0.15, 0.2) is 9.84 Å². The summed E-state index contributed by atoms with van der Waals surface area (Å²) < 4.78 is 23.7. The second kappa shape index (κ2) is 6.41. The number of hydrogen-bond acceptors (Lipinski definition) is 3. The zero-order valence-corrected chi connectivity index (χ0v) is 13.6. The smallest absolute Gasteiger partial charge is 0.230 e. The minimum absolute atomic E-state index is 0.0530. The number of rotatable bonds is 3. The lowest BCUT2D eigenvalue weighted by atomic mass is 9.87. The molecule has 2 fully saturated rings. The molecule has 0 bridgehead atoms. The average molecular weight is 321 g/mol. The predicted molar refractivity (Wildman–Crippen MR) is 87.6 cm³/mol. The van der Waals surface area contributed by atoms with Crippen LogP contribution in [-0.4, -0.2) is 31.9 Å². The molecule has 1 heterocycles. The summed E-state index contributed by atoms with van der Waals surface area (Å²) in [5, 5.41) is 0. The Morgan fingerprint density at radius 2 is 1.68 bits per heavy atom. The Bertz CT molecular complexity index is 621. The van der Waals surface area contributed by atoms with Gasteiger partial charge in [0, 0.05) is 11.6 Å². The van der Waals surface area contributed by atoms with Crippen molar-refractivity contribution in [1.82, 2.24) is 0 Å². The summed E-state index contributed by atoms with van der Waals surface area (Å²) in [5.41, 5.74) is 0.833. The van der Waals surface area contributed by atoms with Crippen molar-refractivity contribution in [3.05, 3.63) is 30.3 Å². The van der Waals surface area contributed by atoms with Crippen molar-refractivity contribution in [2.45, 2.75) is 44.6 Å². The Morgan fingerprint density at radius 3 is 2.27 bits per heavy atom. The molecule has 3 rings (SSSR count). The average Bonchev–Trinajstić information content (AvgIpc) is 2.89. The second-order valence-corrected chi connectivity index (χ2v) is 8.66. The Hall–Kier alpha value is -1.36. The molecule has 1 atom stereocenters. The first-order chi connectivity index (χ1) is 10.6. The minimum atomic E-state index is -3.01.